The van der Waals surface area contributed by atoms with Gasteiger partial charge in [0.1, 0.15) is 0 Å². The van der Waals surface area contributed by atoms with Crippen LogP contribution >= 0.6 is 0 Å². The third-order valence-corrected chi connectivity index (χ3v) is 5.94. The zero-order valence-electron chi connectivity index (χ0n) is 15.8. The van der Waals surface area contributed by atoms with Gasteiger partial charge in [-0.15, -0.1) is 0 Å². The van der Waals surface area contributed by atoms with Crippen LogP contribution in [0.1, 0.15) is 50.5 Å². The number of likely N-dealkylation sites (tertiary alicyclic amines) is 1. The van der Waals surface area contributed by atoms with E-state index in [0.29, 0.717) is 18.0 Å². The summed E-state index contributed by atoms with van der Waals surface area (Å²) in [6.45, 7) is 2.72. The Morgan fingerprint density at radius 1 is 1.19 bits per heavy atom. The van der Waals surface area contributed by atoms with Crippen LogP contribution in [-0.4, -0.2) is 46.9 Å². The molecule has 1 saturated carbocycles. The van der Waals surface area contributed by atoms with Crippen molar-refractivity contribution in [1.82, 2.24) is 10.2 Å². The molecule has 2 aliphatic rings. The number of nitrogens with zero attached hydrogens (tertiary/aromatic N) is 1. The van der Waals surface area contributed by atoms with Crippen LogP contribution in [0.5, 0.6) is 0 Å². The van der Waals surface area contributed by atoms with Crippen LogP contribution in [0.15, 0.2) is 30.3 Å². The molecule has 2 N–H and O–H groups in total. The van der Waals surface area contributed by atoms with E-state index in [1.165, 1.54) is 0 Å². The second kappa shape index (κ2) is 8.55. The Morgan fingerprint density at radius 2 is 1.85 bits per heavy atom. The molecule has 146 valence electrons. The predicted octanol–water partition coefficient (Wildman–Crippen LogP) is 2.40. The minimum absolute atomic E-state index is 0.0316. The molecule has 6 nitrogen and oxygen atoms in total. The molecule has 2 fully saturated rings. The Hall–Kier alpha value is -2.37. The maximum absolute atomic E-state index is 12.5. The van der Waals surface area contributed by atoms with E-state index in [1.807, 2.05) is 11.0 Å². The summed E-state index contributed by atoms with van der Waals surface area (Å²) in [5, 5.41) is 12.2. The van der Waals surface area contributed by atoms with E-state index < -0.39 is 11.9 Å². The van der Waals surface area contributed by atoms with Crippen molar-refractivity contribution in [3.63, 3.8) is 0 Å². The van der Waals surface area contributed by atoms with E-state index in [1.54, 1.807) is 24.3 Å². The van der Waals surface area contributed by atoms with Gasteiger partial charge >= 0.3 is 5.97 Å². The molecule has 1 aliphatic carbocycles. The molecule has 1 aromatic carbocycles. The molecule has 0 spiro atoms. The molecule has 2 amide bonds. The largest absolute Gasteiger partial charge is 0.481 e. The third kappa shape index (κ3) is 4.67. The average molecular weight is 372 g/mol. The number of rotatable bonds is 6. The SMILES string of the molecule is CC1CCC(N2CC(C(=O)NCC(C(=O)O)c3ccccc3)CC2=O)CC1. The fourth-order valence-corrected chi connectivity index (χ4v) is 4.19. The second-order valence-corrected chi connectivity index (χ2v) is 7.91. The van der Waals surface area contributed by atoms with Crippen LogP contribution in [0.3, 0.4) is 0 Å². The molecule has 0 bridgehead atoms. The number of carbonyl (C=O) groups is 3. The van der Waals surface area contributed by atoms with Gasteiger partial charge in [0.25, 0.3) is 0 Å². The number of hydrogen-bond acceptors (Lipinski definition) is 3. The first-order valence-electron chi connectivity index (χ1n) is 9.80. The van der Waals surface area contributed by atoms with Gasteiger partial charge in [-0.3, -0.25) is 14.4 Å². The summed E-state index contributed by atoms with van der Waals surface area (Å²) in [5.41, 5.74) is 0.658. The van der Waals surface area contributed by atoms with Crippen molar-refractivity contribution in [2.24, 2.45) is 11.8 Å². The highest BCUT2D eigenvalue weighted by Crippen LogP contribution is 2.31. The van der Waals surface area contributed by atoms with Gasteiger partial charge in [0.2, 0.25) is 11.8 Å². The van der Waals surface area contributed by atoms with Crippen LogP contribution in [-0.2, 0) is 14.4 Å². The molecular formula is C21H28N2O4. The monoisotopic (exact) mass is 372 g/mol. The number of aliphatic carboxylic acids is 1. The highest BCUT2D eigenvalue weighted by Gasteiger charge is 2.38. The van der Waals surface area contributed by atoms with E-state index in [-0.39, 0.29) is 36.7 Å². The maximum atomic E-state index is 12.5. The van der Waals surface area contributed by atoms with Gasteiger partial charge < -0.3 is 15.3 Å². The summed E-state index contributed by atoms with van der Waals surface area (Å²) in [4.78, 5) is 38.4. The minimum atomic E-state index is -0.970. The predicted molar refractivity (Wildman–Crippen MR) is 101 cm³/mol. The number of carbonyl (C=O) groups excluding carboxylic acids is 2. The number of carboxylic acid groups (broad SMARTS) is 1. The number of nitrogens with one attached hydrogen (secondary N) is 1. The molecule has 2 atom stereocenters. The summed E-state index contributed by atoms with van der Waals surface area (Å²) < 4.78 is 0. The number of hydrogen-bond donors (Lipinski definition) is 2. The zero-order chi connectivity index (χ0) is 19.4. The first-order chi connectivity index (χ1) is 13.0. The van der Waals surface area contributed by atoms with Crippen molar-refractivity contribution < 1.29 is 19.5 Å². The lowest BCUT2D eigenvalue weighted by atomic mass is 9.87. The molecule has 1 aliphatic heterocycles. The van der Waals surface area contributed by atoms with Crippen LogP contribution in [0.4, 0.5) is 0 Å². The highest BCUT2D eigenvalue weighted by molar-refractivity contribution is 5.89. The van der Waals surface area contributed by atoms with Crippen LogP contribution in [0.25, 0.3) is 0 Å². The Balaban J connectivity index is 1.55. The Labute approximate surface area is 159 Å². The number of carboxylic acids is 1. The van der Waals surface area contributed by atoms with E-state index in [9.17, 15) is 19.5 Å². The van der Waals surface area contributed by atoms with Gasteiger partial charge in [-0.05, 0) is 37.2 Å². The second-order valence-electron chi connectivity index (χ2n) is 7.91. The van der Waals surface area contributed by atoms with Crippen molar-refractivity contribution in [2.45, 2.75) is 51.0 Å². The molecule has 27 heavy (non-hydrogen) atoms. The lowest BCUT2D eigenvalue weighted by Crippen LogP contribution is -2.41. The normalized spacial score (nSPS) is 26.6. The van der Waals surface area contributed by atoms with Gasteiger partial charge in [0, 0.05) is 25.6 Å². The third-order valence-electron chi connectivity index (χ3n) is 5.94. The van der Waals surface area contributed by atoms with E-state index in [0.717, 1.165) is 25.7 Å². The summed E-state index contributed by atoms with van der Waals surface area (Å²) in [6, 6.07) is 9.14. The summed E-state index contributed by atoms with van der Waals surface area (Å²) >= 11 is 0. The van der Waals surface area contributed by atoms with Gasteiger partial charge in [0.05, 0.1) is 11.8 Å². The summed E-state index contributed by atoms with van der Waals surface area (Å²) in [7, 11) is 0. The van der Waals surface area contributed by atoms with Crippen LogP contribution in [0.2, 0.25) is 0 Å². The molecule has 1 saturated heterocycles. The molecule has 1 aromatic rings. The zero-order valence-corrected chi connectivity index (χ0v) is 15.8. The van der Waals surface area contributed by atoms with E-state index in [4.69, 9.17) is 0 Å². The topological polar surface area (TPSA) is 86.7 Å². The van der Waals surface area contributed by atoms with Gasteiger partial charge in [-0.2, -0.15) is 0 Å². The lowest BCUT2D eigenvalue weighted by molar-refractivity contribution is -0.139. The number of amides is 2. The first kappa shape index (κ1) is 19.4. The van der Waals surface area contributed by atoms with Crippen LogP contribution in [0, 0.1) is 11.8 Å². The van der Waals surface area contributed by atoms with Crippen molar-refractivity contribution >= 4 is 17.8 Å². The molecule has 1 heterocycles. The van der Waals surface area contributed by atoms with Crippen LogP contribution < -0.4 is 5.32 Å². The Morgan fingerprint density at radius 3 is 2.48 bits per heavy atom. The summed E-state index contributed by atoms with van der Waals surface area (Å²) in [6.07, 6.45) is 4.50. The van der Waals surface area contributed by atoms with E-state index in [2.05, 4.69) is 12.2 Å². The Kier molecular flexibility index (Phi) is 6.14. The maximum Gasteiger partial charge on any atom is 0.312 e. The molecule has 2 unspecified atom stereocenters. The smallest absolute Gasteiger partial charge is 0.312 e. The molecule has 0 aromatic heterocycles. The van der Waals surface area contributed by atoms with Gasteiger partial charge in [-0.25, -0.2) is 0 Å². The molecule has 3 rings (SSSR count). The van der Waals surface area contributed by atoms with Crippen molar-refractivity contribution in [3.8, 4) is 0 Å². The molecule has 0 radical (unpaired) electrons. The Bertz CT molecular complexity index is 683. The van der Waals surface area contributed by atoms with Gasteiger partial charge in [0.15, 0.2) is 0 Å². The quantitative estimate of drug-likeness (QED) is 0.803. The molecule has 6 heteroatoms. The van der Waals surface area contributed by atoms with E-state index >= 15 is 0 Å². The van der Waals surface area contributed by atoms with Gasteiger partial charge in [-0.1, -0.05) is 37.3 Å². The average Bonchev–Trinajstić information content (AvgIpc) is 3.05. The van der Waals surface area contributed by atoms with Crippen molar-refractivity contribution in [3.05, 3.63) is 35.9 Å². The van der Waals surface area contributed by atoms with Crippen molar-refractivity contribution in [1.29, 1.82) is 0 Å². The number of benzene rings is 1. The molecular weight excluding hydrogens is 344 g/mol. The first-order valence-corrected chi connectivity index (χ1v) is 9.80. The fraction of sp³-hybridized carbons (Fsp3) is 0.571. The highest BCUT2D eigenvalue weighted by atomic mass is 16.4. The minimum Gasteiger partial charge on any atom is -0.481 e. The lowest BCUT2D eigenvalue weighted by Gasteiger charge is -2.33. The fourth-order valence-electron chi connectivity index (χ4n) is 4.19. The standard InChI is InChI=1S/C21H28N2O4/c1-14-7-9-17(10-8-14)23-13-16(11-19(23)24)20(25)22-12-18(21(26)27)15-5-3-2-4-6-15/h2-6,14,16-18H,7-13H2,1H3,(H,22,25)(H,26,27). The van der Waals surface area contributed by atoms with Crippen molar-refractivity contribution in [2.75, 3.05) is 13.1 Å². The summed E-state index contributed by atoms with van der Waals surface area (Å²) in [5.74, 6) is -1.61.